The fraction of sp³-hybridized carbons (Fsp3) is 0.0526. The van der Waals surface area contributed by atoms with Gasteiger partial charge < -0.3 is 10.1 Å². The maximum absolute atomic E-state index is 13.2. The van der Waals surface area contributed by atoms with E-state index in [1.54, 1.807) is 35.7 Å². The Kier molecular flexibility index (Phi) is 5.35. The molecule has 7 heteroatoms. The Morgan fingerprint density at radius 3 is 2.54 bits per heavy atom. The van der Waals surface area contributed by atoms with Crippen LogP contribution in [0.3, 0.4) is 0 Å². The number of carbonyl (C=O) groups excluding carboxylic acids is 2. The number of ether oxygens (including phenoxy) is 1. The molecule has 3 rings (SSSR count). The summed E-state index contributed by atoms with van der Waals surface area (Å²) in [6.07, 6.45) is 0. The van der Waals surface area contributed by atoms with Crippen LogP contribution in [-0.2, 0) is 4.74 Å². The molecule has 0 bridgehead atoms. The van der Waals surface area contributed by atoms with Gasteiger partial charge in [-0.2, -0.15) is 0 Å². The Morgan fingerprint density at radius 1 is 1.15 bits per heavy atom. The van der Waals surface area contributed by atoms with E-state index in [4.69, 9.17) is 16.3 Å². The maximum atomic E-state index is 13.2. The fourth-order valence-corrected chi connectivity index (χ4v) is 3.54. The largest absolute Gasteiger partial charge is 0.465 e. The van der Waals surface area contributed by atoms with Gasteiger partial charge >= 0.3 is 5.97 Å². The van der Waals surface area contributed by atoms with E-state index in [0.29, 0.717) is 26.7 Å². The molecule has 0 atom stereocenters. The fourth-order valence-electron chi connectivity index (χ4n) is 2.40. The van der Waals surface area contributed by atoms with Gasteiger partial charge in [0.15, 0.2) is 0 Å². The van der Waals surface area contributed by atoms with Gasteiger partial charge in [0.25, 0.3) is 5.91 Å². The number of rotatable bonds is 4. The predicted octanol–water partition coefficient (Wildman–Crippen LogP) is 5.25. The lowest BCUT2D eigenvalue weighted by atomic mass is 10.0. The molecule has 0 fully saturated rings. The third kappa shape index (κ3) is 3.76. The number of benzene rings is 2. The molecule has 0 aliphatic heterocycles. The molecule has 0 spiro atoms. The van der Waals surface area contributed by atoms with Crippen molar-refractivity contribution in [3.8, 4) is 11.1 Å². The number of anilines is 1. The lowest BCUT2D eigenvalue weighted by molar-refractivity contribution is 0.0603. The monoisotopic (exact) mass is 389 g/mol. The van der Waals surface area contributed by atoms with Gasteiger partial charge in [-0.1, -0.05) is 29.8 Å². The summed E-state index contributed by atoms with van der Waals surface area (Å²) in [5.41, 5.74) is 1.79. The zero-order valence-corrected chi connectivity index (χ0v) is 15.2. The summed E-state index contributed by atoms with van der Waals surface area (Å²) in [6, 6.07) is 12.2. The van der Waals surface area contributed by atoms with Crippen molar-refractivity contribution in [1.82, 2.24) is 0 Å². The molecule has 0 saturated carbocycles. The first kappa shape index (κ1) is 18.1. The molecule has 26 heavy (non-hydrogen) atoms. The van der Waals surface area contributed by atoms with Crippen LogP contribution in [0.2, 0.25) is 5.02 Å². The highest BCUT2D eigenvalue weighted by Gasteiger charge is 2.22. The van der Waals surface area contributed by atoms with E-state index >= 15 is 0 Å². The van der Waals surface area contributed by atoms with Crippen LogP contribution in [0.15, 0.2) is 53.9 Å². The number of thiophene rings is 1. The highest BCUT2D eigenvalue weighted by atomic mass is 35.5. The van der Waals surface area contributed by atoms with Gasteiger partial charge in [-0.15, -0.1) is 11.3 Å². The second-order valence-corrected chi connectivity index (χ2v) is 6.63. The molecule has 2 aromatic carbocycles. The SMILES string of the molecule is COC(=O)c1c(-c2ccc(F)cc2)csc1NC(=O)c1cccc(Cl)c1. The Balaban J connectivity index is 1.98. The molecular formula is C19H13ClFNO3S. The van der Waals surface area contributed by atoms with Crippen molar-refractivity contribution < 1.29 is 18.7 Å². The molecule has 0 unspecified atom stereocenters. The standard InChI is InChI=1S/C19H13ClFNO3S/c1-25-19(24)16-15(11-5-7-14(21)8-6-11)10-26-18(16)22-17(23)12-3-2-4-13(20)9-12/h2-10H,1H3,(H,22,23). The topological polar surface area (TPSA) is 55.4 Å². The van der Waals surface area contributed by atoms with Crippen molar-refractivity contribution in [1.29, 1.82) is 0 Å². The zero-order chi connectivity index (χ0) is 18.7. The molecule has 0 radical (unpaired) electrons. The van der Waals surface area contributed by atoms with Gasteiger partial charge in [-0.3, -0.25) is 4.79 Å². The third-order valence-electron chi connectivity index (χ3n) is 3.65. The molecule has 1 N–H and O–H groups in total. The minimum Gasteiger partial charge on any atom is -0.465 e. The van der Waals surface area contributed by atoms with Gasteiger partial charge in [0.1, 0.15) is 16.4 Å². The van der Waals surface area contributed by atoms with E-state index in [1.807, 2.05) is 0 Å². The number of amides is 1. The zero-order valence-electron chi connectivity index (χ0n) is 13.6. The molecule has 0 saturated heterocycles. The minimum absolute atomic E-state index is 0.222. The number of carbonyl (C=O) groups is 2. The lowest BCUT2D eigenvalue weighted by Gasteiger charge is -2.08. The molecule has 1 aromatic heterocycles. The number of methoxy groups -OCH3 is 1. The van der Waals surface area contributed by atoms with Crippen molar-refractivity contribution in [3.05, 3.63) is 75.9 Å². The lowest BCUT2D eigenvalue weighted by Crippen LogP contribution is -2.14. The van der Waals surface area contributed by atoms with Gasteiger partial charge in [0.05, 0.1) is 7.11 Å². The molecule has 1 heterocycles. The Bertz CT molecular complexity index is 969. The molecule has 0 aliphatic rings. The van der Waals surface area contributed by atoms with E-state index in [0.717, 1.165) is 0 Å². The van der Waals surface area contributed by atoms with Crippen molar-refractivity contribution in [2.75, 3.05) is 12.4 Å². The van der Waals surface area contributed by atoms with Crippen LogP contribution in [0, 0.1) is 5.82 Å². The van der Waals surface area contributed by atoms with Crippen LogP contribution >= 0.6 is 22.9 Å². The first-order valence-electron chi connectivity index (χ1n) is 7.52. The van der Waals surface area contributed by atoms with Crippen LogP contribution in [0.25, 0.3) is 11.1 Å². The van der Waals surface area contributed by atoms with Crippen molar-refractivity contribution >= 4 is 39.8 Å². The van der Waals surface area contributed by atoms with Crippen molar-refractivity contribution in [2.24, 2.45) is 0 Å². The smallest absolute Gasteiger partial charge is 0.341 e. The third-order valence-corrected chi connectivity index (χ3v) is 4.78. The summed E-state index contributed by atoms with van der Waals surface area (Å²) in [7, 11) is 1.26. The summed E-state index contributed by atoms with van der Waals surface area (Å²) >= 11 is 7.10. The van der Waals surface area contributed by atoms with E-state index in [2.05, 4.69) is 5.32 Å². The second kappa shape index (κ2) is 7.68. The molecule has 0 aliphatic carbocycles. The van der Waals surface area contributed by atoms with Crippen LogP contribution in [-0.4, -0.2) is 19.0 Å². The van der Waals surface area contributed by atoms with E-state index < -0.39 is 11.9 Å². The number of nitrogens with one attached hydrogen (secondary N) is 1. The first-order valence-corrected chi connectivity index (χ1v) is 8.78. The van der Waals surface area contributed by atoms with Crippen LogP contribution < -0.4 is 5.32 Å². The Morgan fingerprint density at radius 2 is 1.88 bits per heavy atom. The van der Waals surface area contributed by atoms with Crippen LogP contribution in [0.5, 0.6) is 0 Å². The normalized spacial score (nSPS) is 10.4. The van der Waals surface area contributed by atoms with Crippen LogP contribution in [0.4, 0.5) is 9.39 Å². The van der Waals surface area contributed by atoms with Gasteiger partial charge in [0, 0.05) is 21.5 Å². The minimum atomic E-state index is -0.591. The number of hydrogen-bond acceptors (Lipinski definition) is 4. The van der Waals surface area contributed by atoms with E-state index in [1.165, 1.54) is 36.6 Å². The van der Waals surface area contributed by atoms with E-state index in [9.17, 15) is 14.0 Å². The number of halogens is 2. The second-order valence-electron chi connectivity index (χ2n) is 5.32. The molecule has 1 amide bonds. The van der Waals surface area contributed by atoms with Gasteiger partial charge in [-0.05, 0) is 35.9 Å². The average Bonchev–Trinajstić information content (AvgIpc) is 3.05. The maximum Gasteiger partial charge on any atom is 0.341 e. The summed E-state index contributed by atoms with van der Waals surface area (Å²) in [4.78, 5) is 24.7. The van der Waals surface area contributed by atoms with E-state index in [-0.39, 0.29) is 11.4 Å². The first-order chi connectivity index (χ1) is 12.5. The summed E-state index contributed by atoms with van der Waals surface area (Å²) in [5.74, 6) is -1.37. The quantitative estimate of drug-likeness (QED) is 0.620. The molecule has 4 nitrogen and oxygen atoms in total. The molecule has 132 valence electrons. The Hall–Kier alpha value is -2.70. The Labute approximate surface area is 158 Å². The van der Waals surface area contributed by atoms with Gasteiger partial charge in [0.2, 0.25) is 0 Å². The van der Waals surface area contributed by atoms with Crippen molar-refractivity contribution in [3.63, 3.8) is 0 Å². The highest BCUT2D eigenvalue weighted by molar-refractivity contribution is 7.15. The number of hydrogen-bond donors (Lipinski definition) is 1. The summed E-state index contributed by atoms with van der Waals surface area (Å²) < 4.78 is 18.0. The highest BCUT2D eigenvalue weighted by Crippen LogP contribution is 2.36. The average molecular weight is 390 g/mol. The molecular weight excluding hydrogens is 377 g/mol. The van der Waals surface area contributed by atoms with Crippen LogP contribution in [0.1, 0.15) is 20.7 Å². The summed E-state index contributed by atoms with van der Waals surface area (Å²) in [5, 5.41) is 5.21. The van der Waals surface area contributed by atoms with Gasteiger partial charge in [-0.25, -0.2) is 9.18 Å². The number of esters is 1. The molecule has 3 aromatic rings. The predicted molar refractivity (Wildman–Crippen MR) is 100 cm³/mol. The van der Waals surface area contributed by atoms with Crippen molar-refractivity contribution in [2.45, 2.75) is 0 Å². The summed E-state index contributed by atoms with van der Waals surface area (Å²) in [6.45, 7) is 0.